The van der Waals surface area contributed by atoms with Gasteiger partial charge in [-0.15, -0.1) is 0 Å². The number of aliphatic hydroxyl groups is 1. The average Bonchev–Trinajstić information content (AvgIpc) is 2.04. The summed E-state index contributed by atoms with van der Waals surface area (Å²) in [6.07, 6.45) is -0.729. The fourth-order valence-electron chi connectivity index (χ4n) is 1.62. The number of aliphatic hydroxyl groups excluding tert-OH is 1. The van der Waals surface area contributed by atoms with Gasteiger partial charge in [0.1, 0.15) is 5.25 Å². The van der Waals surface area contributed by atoms with Crippen molar-refractivity contribution < 1.29 is 13.5 Å². The van der Waals surface area contributed by atoms with Crippen LogP contribution in [0.2, 0.25) is 0 Å². The van der Waals surface area contributed by atoms with Crippen LogP contribution in [0.15, 0.2) is 30.3 Å². The fraction of sp³-hybridized carbons (Fsp3) is 0.333. The van der Waals surface area contributed by atoms with Crippen LogP contribution in [-0.4, -0.2) is 25.4 Å². The predicted molar refractivity (Wildman–Crippen MR) is 49.0 cm³/mol. The van der Waals surface area contributed by atoms with Crippen molar-refractivity contribution in [1.29, 1.82) is 0 Å². The van der Waals surface area contributed by atoms with Gasteiger partial charge < -0.3 is 5.11 Å². The van der Waals surface area contributed by atoms with E-state index < -0.39 is 21.2 Å². The summed E-state index contributed by atoms with van der Waals surface area (Å²) >= 11 is 0. The largest absolute Gasteiger partial charge is 0.390 e. The van der Waals surface area contributed by atoms with Crippen LogP contribution >= 0.6 is 0 Å². The maximum atomic E-state index is 11.3. The van der Waals surface area contributed by atoms with Crippen molar-refractivity contribution in [2.75, 3.05) is 5.75 Å². The van der Waals surface area contributed by atoms with Crippen LogP contribution in [0.25, 0.3) is 0 Å². The maximum Gasteiger partial charge on any atom is 0.162 e. The molecule has 1 heterocycles. The molecule has 13 heavy (non-hydrogen) atoms. The SMILES string of the molecule is O=S1(=O)CC(O)C1c1ccccc1. The molecule has 1 aliphatic rings. The highest BCUT2D eigenvalue weighted by Gasteiger charge is 2.45. The van der Waals surface area contributed by atoms with E-state index in [1.807, 2.05) is 6.07 Å². The summed E-state index contributed by atoms with van der Waals surface area (Å²) in [6, 6.07) is 8.82. The molecule has 0 aromatic heterocycles. The molecule has 0 aliphatic carbocycles. The first-order valence-corrected chi connectivity index (χ1v) is 5.77. The summed E-state index contributed by atoms with van der Waals surface area (Å²) < 4.78 is 22.5. The summed E-state index contributed by atoms with van der Waals surface area (Å²) in [5, 5.41) is 8.62. The Bertz CT molecular complexity index is 396. The minimum absolute atomic E-state index is 0.105. The number of sulfone groups is 1. The van der Waals surface area contributed by atoms with E-state index in [0.29, 0.717) is 5.56 Å². The van der Waals surface area contributed by atoms with E-state index in [1.54, 1.807) is 24.3 Å². The second-order valence-corrected chi connectivity index (χ2v) is 5.40. The molecule has 2 unspecified atom stereocenters. The van der Waals surface area contributed by atoms with Crippen molar-refractivity contribution in [2.45, 2.75) is 11.4 Å². The molecule has 1 N–H and O–H groups in total. The first-order chi connectivity index (χ1) is 6.11. The quantitative estimate of drug-likeness (QED) is 0.715. The lowest BCUT2D eigenvalue weighted by Crippen LogP contribution is -2.44. The molecule has 3 nitrogen and oxygen atoms in total. The molecule has 1 saturated heterocycles. The van der Waals surface area contributed by atoms with Crippen molar-refractivity contribution >= 4 is 9.84 Å². The van der Waals surface area contributed by atoms with Gasteiger partial charge in [0.25, 0.3) is 0 Å². The number of hydrogen-bond donors (Lipinski definition) is 1. The van der Waals surface area contributed by atoms with Crippen LogP contribution < -0.4 is 0 Å². The van der Waals surface area contributed by atoms with Crippen LogP contribution in [0.5, 0.6) is 0 Å². The summed E-state index contributed by atoms with van der Waals surface area (Å²) in [6.45, 7) is 0. The predicted octanol–water partition coefficient (Wildman–Crippen LogP) is 0.517. The standard InChI is InChI=1S/C9H10O3S/c10-8-6-13(11,12)9(8)7-4-2-1-3-5-7/h1-5,8-10H,6H2. The molecular formula is C9H10O3S. The van der Waals surface area contributed by atoms with E-state index in [4.69, 9.17) is 0 Å². The van der Waals surface area contributed by atoms with Gasteiger partial charge >= 0.3 is 0 Å². The number of hydrogen-bond acceptors (Lipinski definition) is 3. The van der Waals surface area contributed by atoms with Gasteiger partial charge in [0, 0.05) is 0 Å². The first kappa shape index (κ1) is 8.72. The molecule has 1 aliphatic heterocycles. The van der Waals surface area contributed by atoms with Crippen molar-refractivity contribution in [3.8, 4) is 0 Å². The Labute approximate surface area is 76.9 Å². The van der Waals surface area contributed by atoms with Gasteiger partial charge in [0.2, 0.25) is 0 Å². The van der Waals surface area contributed by atoms with Gasteiger partial charge in [-0.25, -0.2) is 8.42 Å². The fourth-order valence-corrected chi connectivity index (χ4v) is 3.28. The molecule has 0 radical (unpaired) electrons. The van der Waals surface area contributed by atoms with Crippen LogP contribution in [-0.2, 0) is 9.84 Å². The zero-order chi connectivity index (χ0) is 9.47. The molecule has 0 saturated carbocycles. The van der Waals surface area contributed by atoms with Gasteiger partial charge in [0.15, 0.2) is 9.84 Å². The molecule has 1 aromatic carbocycles. The lowest BCUT2D eigenvalue weighted by atomic mass is 10.1. The Morgan fingerprint density at radius 3 is 2.31 bits per heavy atom. The molecule has 1 fully saturated rings. The van der Waals surface area contributed by atoms with E-state index in [0.717, 1.165) is 0 Å². The average molecular weight is 198 g/mol. The van der Waals surface area contributed by atoms with Crippen molar-refractivity contribution in [2.24, 2.45) is 0 Å². The van der Waals surface area contributed by atoms with Crippen LogP contribution in [0, 0.1) is 0 Å². The third kappa shape index (κ3) is 1.36. The zero-order valence-electron chi connectivity index (χ0n) is 6.92. The summed E-state index contributed by atoms with van der Waals surface area (Å²) in [4.78, 5) is 0. The Hall–Kier alpha value is -0.870. The van der Waals surface area contributed by atoms with Crippen molar-refractivity contribution in [3.63, 3.8) is 0 Å². The Balaban J connectivity index is 2.38. The van der Waals surface area contributed by atoms with Gasteiger partial charge in [0.05, 0.1) is 11.9 Å². The third-order valence-corrected chi connectivity index (χ3v) is 4.43. The Morgan fingerprint density at radius 1 is 1.23 bits per heavy atom. The van der Waals surface area contributed by atoms with Crippen LogP contribution in [0.1, 0.15) is 10.8 Å². The maximum absolute atomic E-state index is 11.3. The molecule has 2 rings (SSSR count). The Morgan fingerprint density at radius 2 is 1.85 bits per heavy atom. The second kappa shape index (κ2) is 2.82. The molecule has 70 valence electrons. The lowest BCUT2D eigenvalue weighted by molar-refractivity contribution is 0.171. The monoisotopic (exact) mass is 198 g/mol. The summed E-state index contributed by atoms with van der Waals surface area (Å²) in [5.41, 5.74) is 0.682. The topological polar surface area (TPSA) is 54.4 Å². The van der Waals surface area contributed by atoms with E-state index in [9.17, 15) is 13.5 Å². The molecule has 0 spiro atoms. The molecule has 2 atom stereocenters. The third-order valence-electron chi connectivity index (χ3n) is 2.27. The van der Waals surface area contributed by atoms with Crippen LogP contribution in [0.3, 0.4) is 0 Å². The number of rotatable bonds is 1. The molecular weight excluding hydrogens is 188 g/mol. The van der Waals surface area contributed by atoms with E-state index in [2.05, 4.69) is 0 Å². The number of benzene rings is 1. The highest BCUT2D eigenvalue weighted by molar-refractivity contribution is 7.93. The van der Waals surface area contributed by atoms with E-state index >= 15 is 0 Å². The zero-order valence-corrected chi connectivity index (χ0v) is 7.74. The van der Waals surface area contributed by atoms with Gasteiger partial charge in [-0.2, -0.15) is 0 Å². The first-order valence-electron chi connectivity index (χ1n) is 4.06. The summed E-state index contributed by atoms with van der Waals surface area (Å²) in [5.74, 6) is -0.105. The molecule has 4 heteroatoms. The molecule has 0 bridgehead atoms. The van der Waals surface area contributed by atoms with Crippen molar-refractivity contribution in [1.82, 2.24) is 0 Å². The molecule has 1 aromatic rings. The highest BCUT2D eigenvalue weighted by atomic mass is 32.2. The minimum Gasteiger partial charge on any atom is -0.390 e. The highest BCUT2D eigenvalue weighted by Crippen LogP contribution is 2.36. The normalized spacial score (nSPS) is 30.8. The van der Waals surface area contributed by atoms with Gasteiger partial charge in [-0.3, -0.25) is 0 Å². The molecule has 0 amide bonds. The van der Waals surface area contributed by atoms with E-state index in [-0.39, 0.29) is 5.75 Å². The van der Waals surface area contributed by atoms with Gasteiger partial charge in [-0.05, 0) is 5.56 Å². The van der Waals surface area contributed by atoms with Gasteiger partial charge in [-0.1, -0.05) is 30.3 Å². The van der Waals surface area contributed by atoms with Crippen LogP contribution in [0.4, 0.5) is 0 Å². The lowest BCUT2D eigenvalue weighted by Gasteiger charge is -2.32. The van der Waals surface area contributed by atoms with Crippen molar-refractivity contribution in [3.05, 3.63) is 35.9 Å². The summed E-state index contributed by atoms with van der Waals surface area (Å²) in [7, 11) is -3.07. The van der Waals surface area contributed by atoms with E-state index in [1.165, 1.54) is 0 Å². The second-order valence-electron chi connectivity index (χ2n) is 3.23. The Kier molecular flexibility index (Phi) is 1.89. The smallest absolute Gasteiger partial charge is 0.162 e. The minimum atomic E-state index is -3.07.